The van der Waals surface area contributed by atoms with Crippen molar-refractivity contribution >= 4 is 21.9 Å². The van der Waals surface area contributed by atoms with Gasteiger partial charge in [0.25, 0.3) is 5.91 Å². The summed E-state index contributed by atoms with van der Waals surface area (Å²) in [4.78, 5) is 35.3. The van der Waals surface area contributed by atoms with Gasteiger partial charge in [-0.1, -0.05) is 0 Å². The third kappa shape index (κ3) is 7.50. The Hall–Kier alpha value is -3.21. The lowest BCUT2D eigenvalue weighted by Crippen LogP contribution is -2.57. The average Bonchev–Trinajstić information content (AvgIpc) is 3.72. The quantitative estimate of drug-likeness (QED) is 0.348. The maximum atomic E-state index is 13.8. The first-order valence-electron chi connectivity index (χ1n) is 15.2. The molecule has 3 fully saturated rings. The highest BCUT2D eigenvalue weighted by atomic mass is 32.2. The molecular weight excluding hydrogens is 631 g/mol. The molecule has 1 amide bonds. The zero-order valence-corrected chi connectivity index (χ0v) is 27.2. The number of benzene rings is 1. The summed E-state index contributed by atoms with van der Waals surface area (Å²) in [5, 5.41) is 0. The number of ether oxygens (including phenoxy) is 2. The van der Waals surface area contributed by atoms with Gasteiger partial charge in [-0.05, 0) is 57.0 Å². The molecule has 1 aromatic heterocycles. The molecule has 2 aromatic rings. The SMILES string of the molecule is COc1cc(C)c(S(=O)(=O)N(Cc2nc(C(=O)N3CCC(CN4CCN(C)CC4)(OC(=O)C(F)(F)F)CC3)co2)C2CC2)c(C)c1. The molecule has 2 saturated heterocycles. The summed E-state index contributed by atoms with van der Waals surface area (Å²) in [7, 11) is -0.477. The second-order valence-corrected chi connectivity index (χ2v) is 14.3. The van der Waals surface area contributed by atoms with E-state index in [-0.39, 0.29) is 61.5 Å². The largest absolute Gasteiger partial charge is 0.497 e. The molecule has 1 aromatic carbocycles. The molecule has 5 rings (SSSR count). The van der Waals surface area contributed by atoms with Crippen molar-refractivity contribution in [2.24, 2.45) is 0 Å². The van der Waals surface area contributed by atoms with Crippen molar-refractivity contribution in [1.82, 2.24) is 24.0 Å². The minimum Gasteiger partial charge on any atom is -0.497 e. The van der Waals surface area contributed by atoms with E-state index in [2.05, 4.69) is 9.88 Å². The first kappa shape index (κ1) is 34.1. The third-order valence-corrected chi connectivity index (χ3v) is 11.1. The summed E-state index contributed by atoms with van der Waals surface area (Å²) in [6.45, 7) is 6.17. The number of piperazine rings is 1. The normalized spacial score (nSPS) is 19.8. The highest BCUT2D eigenvalue weighted by Crippen LogP contribution is 2.37. The first-order valence-corrected chi connectivity index (χ1v) is 16.7. The summed E-state index contributed by atoms with van der Waals surface area (Å²) in [6.07, 6.45) is -2.57. The van der Waals surface area contributed by atoms with Gasteiger partial charge in [0.05, 0.1) is 18.6 Å². The summed E-state index contributed by atoms with van der Waals surface area (Å²) in [5.41, 5.74) is -0.356. The van der Waals surface area contributed by atoms with Crippen LogP contribution in [0.25, 0.3) is 0 Å². The number of piperidine rings is 1. The van der Waals surface area contributed by atoms with Gasteiger partial charge in [-0.2, -0.15) is 17.5 Å². The number of rotatable bonds is 10. The van der Waals surface area contributed by atoms with E-state index in [0.29, 0.717) is 42.8 Å². The van der Waals surface area contributed by atoms with Gasteiger partial charge >= 0.3 is 12.1 Å². The molecule has 46 heavy (non-hydrogen) atoms. The average molecular weight is 672 g/mol. The Kier molecular flexibility index (Phi) is 9.74. The van der Waals surface area contributed by atoms with Gasteiger partial charge in [0.2, 0.25) is 15.9 Å². The van der Waals surface area contributed by atoms with Crippen molar-refractivity contribution < 1.29 is 45.1 Å². The van der Waals surface area contributed by atoms with Gasteiger partial charge in [0.1, 0.15) is 17.6 Å². The van der Waals surface area contributed by atoms with Gasteiger partial charge in [-0.25, -0.2) is 18.2 Å². The molecule has 0 spiro atoms. The number of hydrogen-bond acceptors (Lipinski definition) is 10. The first-order chi connectivity index (χ1) is 21.6. The molecule has 0 radical (unpaired) electrons. The fourth-order valence-corrected chi connectivity index (χ4v) is 8.23. The molecule has 2 aliphatic heterocycles. The van der Waals surface area contributed by atoms with Crippen molar-refractivity contribution in [2.75, 3.05) is 60.0 Å². The van der Waals surface area contributed by atoms with Gasteiger partial charge < -0.3 is 23.7 Å². The highest BCUT2D eigenvalue weighted by molar-refractivity contribution is 7.89. The van der Waals surface area contributed by atoms with Crippen LogP contribution in [0.3, 0.4) is 0 Å². The van der Waals surface area contributed by atoms with Crippen LogP contribution >= 0.6 is 0 Å². The third-order valence-electron chi connectivity index (χ3n) is 8.86. The minimum absolute atomic E-state index is 0.0197. The summed E-state index contributed by atoms with van der Waals surface area (Å²) >= 11 is 0. The van der Waals surface area contributed by atoms with Crippen molar-refractivity contribution in [3.63, 3.8) is 0 Å². The van der Waals surface area contributed by atoms with Crippen molar-refractivity contribution in [3.05, 3.63) is 41.1 Å². The van der Waals surface area contributed by atoms with E-state index in [1.807, 2.05) is 11.9 Å². The summed E-state index contributed by atoms with van der Waals surface area (Å²) < 4.78 is 84.5. The number of methoxy groups -OCH3 is 1. The van der Waals surface area contributed by atoms with Crippen LogP contribution in [0.4, 0.5) is 13.2 Å². The van der Waals surface area contributed by atoms with Crippen molar-refractivity contribution in [3.8, 4) is 5.75 Å². The molecule has 0 unspecified atom stereocenters. The smallest absolute Gasteiger partial charge is 0.490 e. The van der Waals surface area contributed by atoms with Gasteiger partial charge in [0, 0.05) is 64.7 Å². The number of alkyl halides is 3. The second kappa shape index (κ2) is 13.1. The molecule has 0 atom stereocenters. The van der Waals surface area contributed by atoms with Crippen LogP contribution < -0.4 is 4.74 Å². The molecule has 0 N–H and O–H groups in total. The zero-order valence-electron chi connectivity index (χ0n) is 26.4. The molecule has 3 aliphatic rings. The lowest BCUT2D eigenvalue weighted by molar-refractivity contribution is -0.219. The second-order valence-electron chi connectivity index (χ2n) is 12.4. The Labute approximate surface area is 266 Å². The summed E-state index contributed by atoms with van der Waals surface area (Å²) in [6, 6.07) is 3.09. The Bertz CT molecular complexity index is 1520. The summed E-state index contributed by atoms with van der Waals surface area (Å²) in [5.74, 6) is -2.15. The van der Waals surface area contributed by atoms with Crippen LogP contribution in [0.5, 0.6) is 5.75 Å². The standard InChI is InChI=1S/C30H40F3N5O7S/c1-20-15-23(43-4)16-21(2)26(20)46(41,42)38(22-5-6-22)17-25-34-24(18-44-25)27(39)37-9-7-29(8-10-37,45-28(40)30(31,32)33)19-36-13-11-35(3)12-14-36/h15-16,18,22H,5-14,17,19H2,1-4H3. The number of carbonyl (C=O) groups excluding carboxylic acids is 2. The molecule has 254 valence electrons. The molecule has 12 nitrogen and oxygen atoms in total. The van der Waals surface area contributed by atoms with Crippen LogP contribution in [-0.4, -0.2) is 122 Å². The molecular formula is C30H40F3N5O7S. The monoisotopic (exact) mass is 671 g/mol. The molecule has 3 heterocycles. The van der Waals surface area contributed by atoms with Crippen LogP contribution in [0.15, 0.2) is 27.7 Å². The fraction of sp³-hybridized carbons (Fsp3) is 0.633. The predicted octanol–water partition coefficient (Wildman–Crippen LogP) is 2.98. The predicted molar refractivity (Wildman–Crippen MR) is 159 cm³/mol. The van der Waals surface area contributed by atoms with Crippen LogP contribution in [0, 0.1) is 13.8 Å². The number of likely N-dealkylation sites (tertiary alicyclic amines) is 1. The Morgan fingerprint density at radius 3 is 2.22 bits per heavy atom. The number of halogens is 3. The van der Waals surface area contributed by atoms with E-state index < -0.39 is 33.7 Å². The number of likely N-dealkylation sites (N-methyl/N-ethyl adjacent to an activating group) is 1. The van der Waals surface area contributed by atoms with Crippen LogP contribution in [0.2, 0.25) is 0 Å². The number of aromatic nitrogens is 1. The number of esters is 1. The Morgan fingerprint density at radius 2 is 1.67 bits per heavy atom. The number of sulfonamides is 1. The fourth-order valence-electron chi connectivity index (χ4n) is 6.18. The van der Waals surface area contributed by atoms with Gasteiger partial charge in [0.15, 0.2) is 5.69 Å². The number of hydrogen-bond donors (Lipinski definition) is 0. The Morgan fingerprint density at radius 1 is 1.07 bits per heavy atom. The van der Waals surface area contributed by atoms with E-state index in [1.165, 1.54) is 16.3 Å². The topological polar surface area (TPSA) is 126 Å². The molecule has 16 heteroatoms. The number of aryl methyl sites for hydroxylation is 2. The lowest BCUT2D eigenvalue weighted by Gasteiger charge is -2.45. The van der Waals surface area contributed by atoms with Crippen LogP contribution in [0.1, 0.15) is 53.2 Å². The van der Waals surface area contributed by atoms with Crippen molar-refractivity contribution in [1.29, 1.82) is 0 Å². The molecule has 0 bridgehead atoms. The number of carbonyl (C=O) groups is 2. The lowest BCUT2D eigenvalue weighted by atomic mass is 9.89. The maximum Gasteiger partial charge on any atom is 0.490 e. The Balaban J connectivity index is 1.27. The van der Waals surface area contributed by atoms with E-state index in [9.17, 15) is 31.2 Å². The van der Waals surface area contributed by atoms with Gasteiger partial charge in [-0.15, -0.1) is 0 Å². The van der Waals surface area contributed by atoms with E-state index in [1.54, 1.807) is 26.0 Å². The number of amides is 1. The number of nitrogens with zero attached hydrogens (tertiary/aromatic N) is 5. The minimum atomic E-state index is -5.13. The van der Waals surface area contributed by atoms with Crippen molar-refractivity contribution in [2.45, 2.75) is 68.8 Å². The van der Waals surface area contributed by atoms with E-state index in [0.717, 1.165) is 19.4 Å². The zero-order chi connectivity index (χ0) is 33.4. The molecule has 1 saturated carbocycles. The van der Waals surface area contributed by atoms with Crippen LogP contribution in [-0.2, 0) is 26.1 Å². The van der Waals surface area contributed by atoms with E-state index >= 15 is 0 Å². The number of oxazole rings is 1. The molecule has 1 aliphatic carbocycles. The maximum absolute atomic E-state index is 13.8. The van der Waals surface area contributed by atoms with E-state index in [4.69, 9.17) is 13.9 Å². The highest BCUT2D eigenvalue weighted by Gasteiger charge is 2.49. The van der Waals surface area contributed by atoms with Gasteiger partial charge in [-0.3, -0.25) is 9.69 Å².